The summed E-state index contributed by atoms with van der Waals surface area (Å²) in [6.45, 7) is 4.03. The Balaban J connectivity index is 2.33. The molecule has 0 aliphatic rings. The van der Waals surface area contributed by atoms with Gasteiger partial charge in [0.2, 0.25) is 0 Å². The van der Waals surface area contributed by atoms with Crippen LogP contribution in [0.2, 0.25) is 0 Å². The zero-order valence-corrected chi connectivity index (χ0v) is 10.4. The van der Waals surface area contributed by atoms with E-state index in [1.54, 1.807) is 6.20 Å². The predicted octanol–water partition coefficient (Wildman–Crippen LogP) is 3.05. The Morgan fingerprint density at radius 3 is 2.35 bits per heavy atom. The largest absolute Gasteiger partial charge is 0.398 e. The van der Waals surface area contributed by atoms with Crippen molar-refractivity contribution in [1.29, 1.82) is 0 Å². The van der Waals surface area contributed by atoms with Gasteiger partial charge in [-0.25, -0.2) is 4.98 Å². The zero-order chi connectivity index (χ0) is 12.4. The molecule has 0 saturated heterocycles. The van der Waals surface area contributed by atoms with Crippen LogP contribution in [-0.4, -0.2) is 12.0 Å². The molecule has 0 bridgehead atoms. The Hall–Kier alpha value is -2.03. The minimum absolute atomic E-state index is 0.772. The molecule has 2 rings (SSSR count). The second-order valence-corrected chi connectivity index (χ2v) is 4.29. The summed E-state index contributed by atoms with van der Waals surface area (Å²) in [6, 6.07) is 10.2. The molecule has 88 valence electrons. The minimum Gasteiger partial charge on any atom is -0.398 e. The fourth-order valence-corrected chi connectivity index (χ4v) is 1.61. The van der Waals surface area contributed by atoms with Gasteiger partial charge in [0.05, 0.1) is 0 Å². The van der Waals surface area contributed by atoms with Crippen LogP contribution in [0.15, 0.2) is 36.5 Å². The van der Waals surface area contributed by atoms with Gasteiger partial charge in [-0.05, 0) is 31.5 Å². The molecule has 3 nitrogen and oxygen atoms in total. The molecule has 2 aromatic rings. The van der Waals surface area contributed by atoms with Crippen molar-refractivity contribution in [2.24, 2.45) is 0 Å². The summed E-state index contributed by atoms with van der Waals surface area (Å²) >= 11 is 0. The monoisotopic (exact) mass is 227 g/mol. The van der Waals surface area contributed by atoms with Crippen LogP contribution in [0.4, 0.5) is 17.2 Å². The van der Waals surface area contributed by atoms with Gasteiger partial charge in [-0.3, -0.25) is 0 Å². The van der Waals surface area contributed by atoms with E-state index in [0.29, 0.717) is 0 Å². The second-order valence-electron chi connectivity index (χ2n) is 4.29. The summed E-state index contributed by atoms with van der Waals surface area (Å²) in [5.74, 6) is 0.858. The topological polar surface area (TPSA) is 42.1 Å². The van der Waals surface area contributed by atoms with Gasteiger partial charge in [0.15, 0.2) is 0 Å². The molecule has 1 heterocycles. The van der Waals surface area contributed by atoms with Gasteiger partial charge in [-0.15, -0.1) is 0 Å². The fourth-order valence-electron chi connectivity index (χ4n) is 1.61. The molecule has 3 heteroatoms. The van der Waals surface area contributed by atoms with Crippen molar-refractivity contribution in [2.75, 3.05) is 17.7 Å². The van der Waals surface area contributed by atoms with Crippen molar-refractivity contribution in [3.05, 3.63) is 47.7 Å². The van der Waals surface area contributed by atoms with Gasteiger partial charge in [0, 0.05) is 30.7 Å². The van der Waals surface area contributed by atoms with Gasteiger partial charge >= 0.3 is 0 Å². The maximum atomic E-state index is 5.89. The highest BCUT2D eigenvalue weighted by Crippen LogP contribution is 2.24. The highest BCUT2D eigenvalue weighted by atomic mass is 15.2. The molecule has 0 saturated carbocycles. The molecule has 0 aliphatic carbocycles. The number of anilines is 3. The normalized spacial score (nSPS) is 10.3. The Labute approximate surface area is 102 Å². The summed E-state index contributed by atoms with van der Waals surface area (Å²) < 4.78 is 0. The molecule has 17 heavy (non-hydrogen) atoms. The van der Waals surface area contributed by atoms with Crippen LogP contribution in [-0.2, 0) is 0 Å². The smallest absolute Gasteiger partial charge is 0.134 e. The third-order valence-corrected chi connectivity index (χ3v) is 2.90. The number of hydrogen-bond donors (Lipinski definition) is 1. The summed E-state index contributed by atoms with van der Waals surface area (Å²) in [4.78, 5) is 6.41. The number of aryl methyl sites for hydroxylation is 2. The number of nitrogens with zero attached hydrogens (tertiary/aromatic N) is 2. The molecule has 0 amide bonds. The van der Waals surface area contributed by atoms with Crippen LogP contribution in [0, 0.1) is 13.8 Å². The van der Waals surface area contributed by atoms with Crippen molar-refractivity contribution in [1.82, 2.24) is 4.98 Å². The summed E-state index contributed by atoms with van der Waals surface area (Å²) in [6.07, 6.45) is 1.80. The molecule has 0 spiro atoms. The van der Waals surface area contributed by atoms with Gasteiger partial charge in [-0.2, -0.15) is 0 Å². The van der Waals surface area contributed by atoms with Crippen LogP contribution < -0.4 is 10.6 Å². The first-order valence-corrected chi connectivity index (χ1v) is 5.60. The van der Waals surface area contributed by atoms with Crippen LogP contribution in [0.1, 0.15) is 11.1 Å². The molecular weight excluding hydrogens is 210 g/mol. The van der Waals surface area contributed by atoms with Crippen molar-refractivity contribution in [3.8, 4) is 0 Å². The van der Waals surface area contributed by atoms with Gasteiger partial charge < -0.3 is 10.6 Å². The van der Waals surface area contributed by atoms with Crippen LogP contribution in [0.25, 0.3) is 0 Å². The summed E-state index contributed by atoms with van der Waals surface area (Å²) in [5.41, 5.74) is 10.0. The molecule has 1 aromatic carbocycles. The maximum absolute atomic E-state index is 5.89. The first-order chi connectivity index (χ1) is 8.08. The van der Waals surface area contributed by atoms with Crippen LogP contribution in [0.5, 0.6) is 0 Å². The van der Waals surface area contributed by atoms with E-state index in [-0.39, 0.29) is 0 Å². The SMILES string of the molecule is Cc1ccc(N(C)c2cc(N)c(C)cn2)cc1. The maximum Gasteiger partial charge on any atom is 0.134 e. The van der Waals surface area contributed by atoms with Crippen molar-refractivity contribution >= 4 is 17.2 Å². The lowest BCUT2D eigenvalue weighted by atomic mass is 10.2. The second kappa shape index (κ2) is 4.45. The fraction of sp³-hybridized carbons (Fsp3) is 0.214. The number of rotatable bonds is 2. The molecule has 0 radical (unpaired) electrons. The molecular formula is C14H17N3. The third kappa shape index (κ3) is 2.38. The third-order valence-electron chi connectivity index (χ3n) is 2.90. The number of aromatic nitrogens is 1. The highest BCUT2D eigenvalue weighted by molar-refractivity contribution is 5.63. The number of pyridine rings is 1. The van der Waals surface area contributed by atoms with Gasteiger partial charge in [0.1, 0.15) is 5.82 Å². The van der Waals surface area contributed by atoms with E-state index in [1.165, 1.54) is 5.56 Å². The summed E-state index contributed by atoms with van der Waals surface area (Å²) in [5, 5.41) is 0. The van der Waals surface area contributed by atoms with Crippen molar-refractivity contribution < 1.29 is 0 Å². The zero-order valence-electron chi connectivity index (χ0n) is 10.4. The molecule has 0 fully saturated rings. The molecule has 0 unspecified atom stereocenters. The first kappa shape index (κ1) is 11.5. The standard InChI is InChI=1S/C14H17N3/c1-10-4-6-12(7-5-10)17(3)14-8-13(15)11(2)9-16-14/h4-9H,1-3H3,(H2,15,16). The number of nitrogen functional groups attached to an aromatic ring is 1. The molecule has 0 aliphatic heterocycles. The van der Waals surface area contributed by atoms with E-state index >= 15 is 0 Å². The highest BCUT2D eigenvalue weighted by Gasteiger charge is 2.06. The first-order valence-electron chi connectivity index (χ1n) is 5.60. The summed E-state index contributed by atoms with van der Waals surface area (Å²) in [7, 11) is 1.99. The van der Waals surface area contributed by atoms with Gasteiger partial charge in [0.25, 0.3) is 0 Å². The van der Waals surface area contributed by atoms with Crippen molar-refractivity contribution in [3.63, 3.8) is 0 Å². The average molecular weight is 227 g/mol. The Morgan fingerprint density at radius 2 is 1.76 bits per heavy atom. The lowest BCUT2D eigenvalue weighted by Gasteiger charge is -2.19. The molecule has 1 aromatic heterocycles. The quantitative estimate of drug-likeness (QED) is 0.857. The van der Waals surface area contributed by atoms with Crippen molar-refractivity contribution in [2.45, 2.75) is 13.8 Å². The molecule has 0 atom stereocenters. The van der Waals surface area contributed by atoms with E-state index in [9.17, 15) is 0 Å². The lowest BCUT2D eigenvalue weighted by Crippen LogP contribution is -2.11. The lowest BCUT2D eigenvalue weighted by molar-refractivity contribution is 1.12. The number of nitrogens with two attached hydrogens (primary N) is 1. The van der Waals surface area contributed by atoms with E-state index in [2.05, 4.69) is 36.2 Å². The van der Waals surface area contributed by atoms with E-state index in [0.717, 1.165) is 22.8 Å². The Bertz CT molecular complexity index is 517. The predicted molar refractivity (Wildman–Crippen MR) is 72.6 cm³/mol. The van der Waals surface area contributed by atoms with Crippen LogP contribution in [0.3, 0.4) is 0 Å². The Morgan fingerprint density at radius 1 is 1.12 bits per heavy atom. The van der Waals surface area contributed by atoms with E-state index in [1.807, 2.05) is 24.9 Å². The van der Waals surface area contributed by atoms with Crippen LogP contribution >= 0.6 is 0 Å². The van der Waals surface area contributed by atoms with E-state index < -0.39 is 0 Å². The Kier molecular flexibility index (Phi) is 3.00. The minimum atomic E-state index is 0.772. The van der Waals surface area contributed by atoms with Gasteiger partial charge in [-0.1, -0.05) is 17.7 Å². The van der Waals surface area contributed by atoms with E-state index in [4.69, 9.17) is 5.73 Å². The number of benzene rings is 1. The average Bonchev–Trinajstić information content (AvgIpc) is 2.33. The number of hydrogen-bond acceptors (Lipinski definition) is 3. The molecule has 2 N–H and O–H groups in total.